The molecule has 0 spiro atoms. The molecule has 0 aliphatic rings. The molecule has 0 aliphatic carbocycles. The largest absolute Gasteiger partial charge is 0.416 e. The van der Waals surface area contributed by atoms with Crippen molar-refractivity contribution >= 4 is 0 Å². The first-order valence-electron chi connectivity index (χ1n) is 5.19. The smallest absolute Gasteiger partial charge is 0.372 e. The third kappa shape index (κ3) is 3.60. The van der Waals surface area contributed by atoms with Crippen molar-refractivity contribution < 1.29 is 31.4 Å². The van der Waals surface area contributed by atoms with E-state index in [-0.39, 0.29) is 12.5 Å². The molecular weight excluding hydrogens is 276 g/mol. The molecule has 0 saturated carbocycles. The fourth-order valence-electron chi connectivity index (χ4n) is 1.41. The lowest BCUT2D eigenvalue weighted by Crippen LogP contribution is -2.36. The topological polar surface area (TPSA) is 46.2 Å². The van der Waals surface area contributed by atoms with Gasteiger partial charge >= 0.3 is 12.4 Å². The molecule has 19 heavy (non-hydrogen) atoms. The standard InChI is InChI=1S/C11H11F6NO/c1-2-9(18,19)6-3-7(10(12,13)14)5-8(4-6)11(15,16)17/h3-5,19H,2,18H2,1H3. The van der Waals surface area contributed by atoms with Crippen LogP contribution >= 0.6 is 0 Å². The number of aliphatic hydroxyl groups is 1. The van der Waals surface area contributed by atoms with Crippen LogP contribution in [-0.2, 0) is 18.1 Å². The first-order valence-corrected chi connectivity index (χ1v) is 5.19. The molecule has 1 unspecified atom stereocenters. The van der Waals surface area contributed by atoms with Crippen molar-refractivity contribution in [3.05, 3.63) is 34.9 Å². The molecule has 1 rings (SSSR count). The Balaban J connectivity index is 3.51. The quantitative estimate of drug-likeness (QED) is 0.648. The van der Waals surface area contributed by atoms with E-state index in [1.807, 2.05) is 0 Å². The van der Waals surface area contributed by atoms with E-state index in [9.17, 15) is 31.4 Å². The Kier molecular flexibility index (Phi) is 3.88. The zero-order valence-corrected chi connectivity index (χ0v) is 9.73. The van der Waals surface area contributed by atoms with Gasteiger partial charge in [-0.05, 0) is 30.2 Å². The lowest BCUT2D eigenvalue weighted by Gasteiger charge is -2.24. The van der Waals surface area contributed by atoms with E-state index in [2.05, 4.69) is 0 Å². The van der Waals surface area contributed by atoms with Crippen molar-refractivity contribution in [3.63, 3.8) is 0 Å². The number of alkyl halides is 6. The molecule has 0 heterocycles. The van der Waals surface area contributed by atoms with Gasteiger partial charge in [-0.2, -0.15) is 26.3 Å². The molecule has 0 fully saturated rings. The van der Waals surface area contributed by atoms with E-state index in [1.54, 1.807) is 0 Å². The van der Waals surface area contributed by atoms with Crippen LogP contribution in [0.25, 0.3) is 0 Å². The molecule has 0 amide bonds. The van der Waals surface area contributed by atoms with E-state index in [0.29, 0.717) is 12.1 Å². The molecule has 0 bridgehead atoms. The molecule has 0 aromatic heterocycles. The summed E-state index contributed by atoms with van der Waals surface area (Å²) >= 11 is 0. The Bertz CT molecular complexity index is 431. The van der Waals surface area contributed by atoms with Gasteiger partial charge in [-0.1, -0.05) is 6.92 Å². The monoisotopic (exact) mass is 287 g/mol. The summed E-state index contributed by atoms with van der Waals surface area (Å²) in [7, 11) is 0. The van der Waals surface area contributed by atoms with Crippen molar-refractivity contribution in [1.82, 2.24) is 0 Å². The average molecular weight is 287 g/mol. The second-order valence-corrected chi connectivity index (χ2v) is 4.07. The van der Waals surface area contributed by atoms with Gasteiger partial charge < -0.3 is 5.11 Å². The molecule has 2 nitrogen and oxygen atoms in total. The highest BCUT2D eigenvalue weighted by atomic mass is 19.4. The maximum Gasteiger partial charge on any atom is 0.416 e. The van der Waals surface area contributed by atoms with E-state index in [4.69, 9.17) is 5.73 Å². The van der Waals surface area contributed by atoms with Crippen molar-refractivity contribution in [3.8, 4) is 0 Å². The van der Waals surface area contributed by atoms with Gasteiger partial charge in [0.05, 0.1) is 11.1 Å². The SMILES string of the molecule is CCC(N)(O)c1cc(C(F)(F)F)cc(C(F)(F)F)c1. The Labute approximate surface area is 104 Å². The van der Waals surface area contributed by atoms with Gasteiger partial charge in [0, 0.05) is 0 Å². The van der Waals surface area contributed by atoms with Gasteiger partial charge in [0.15, 0.2) is 0 Å². The summed E-state index contributed by atoms with van der Waals surface area (Å²) in [6, 6.07) is 0.812. The van der Waals surface area contributed by atoms with E-state index < -0.39 is 34.8 Å². The Hall–Kier alpha value is -1.28. The summed E-state index contributed by atoms with van der Waals surface area (Å²) < 4.78 is 75.2. The maximum absolute atomic E-state index is 12.5. The van der Waals surface area contributed by atoms with Crippen LogP contribution in [-0.4, -0.2) is 5.11 Å². The molecule has 3 N–H and O–H groups in total. The summed E-state index contributed by atoms with van der Waals surface area (Å²) in [5.74, 6) is 0. The molecular formula is C11H11F6NO. The molecule has 1 aromatic carbocycles. The van der Waals surface area contributed by atoms with Crippen LogP contribution in [0.4, 0.5) is 26.3 Å². The van der Waals surface area contributed by atoms with Crippen molar-refractivity contribution in [2.45, 2.75) is 31.4 Å². The van der Waals surface area contributed by atoms with E-state index in [0.717, 1.165) is 0 Å². The zero-order valence-electron chi connectivity index (χ0n) is 9.73. The minimum atomic E-state index is -4.96. The van der Waals surface area contributed by atoms with Gasteiger partial charge in [-0.15, -0.1) is 0 Å². The third-order valence-electron chi connectivity index (χ3n) is 2.63. The number of hydrogen-bond acceptors (Lipinski definition) is 2. The lowest BCUT2D eigenvalue weighted by atomic mass is 9.96. The van der Waals surface area contributed by atoms with Crippen LogP contribution in [0.5, 0.6) is 0 Å². The molecule has 8 heteroatoms. The predicted octanol–water partition coefficient (Wildman–Crippen LogP) is 3.24. The normalized spacial score (nSPS) is 16.3. The zero-order chi connectivity index (χ0) is 15.1. The number of nitrogens with two attached hydrogens (primary N) is 1. The Morgan fingerprint density at radius 2 is 1.21 bits per heavy atom. The average Bonchev–Trinajstić information content (AvgIpc) is 2.26. The number of benzene rings is 1. The minimum Gasteiger partial charge on any atom is -0.372 e. The van der Waals surface area contributed by atoms with E-state index in [1.165, 1.54) is 6.92 Å². The molecule has 108 valence electrons. The first kappa shape index (κ1) is 15.8. The second kappa shape index (κ2) is 4.68. The van der Waals surface area contributed by atoms with Crippen LogP contribution < -0.4 is 5.73 Å². The van der Waals surface area contributed by atoms with Crippen LogP contribution in [0, 0.1) is 0 Å². The van der Waals surface area contributed by atoms with Gasteiger partial charge in [0.1, 0.15) is 5.72 Å². The summed E-state index contributed by atoms with van der Waals surface area (Å²) in [6.07, 6.45) is -10.1. The Morgan fingerprint density at radius 3 is 1.47 bits per heavy atom. The summed E-state index contributed by atoms with van der Waals surface area (Å²) in [6.45, 7) is 1.34. The van der Waals surface area contributed by atoms with Crippen molar-refractivity contribution in [2.24, 2.45) is 5.73 Å². The van der Waals surface area contributed by atoms with Gasteiger partial charge in [0.25, 0.3) is 0 Å². The summed E-state index contributed by atoms with van der Waals surface area (Å²) in [4.78, 5) is 0. The van der Waals surface area contributed by atoms with Crippen LogP contribution in [0.3, 0.4) is 0 Å². The number of halogens is 6. The number of rotatable bonds is 2. The van der Waals surface area contributed by atoms with E-state index >= 15 is 0 Å². The van der Waals surface area contributed by atoms with Crippen molar-refractivity contribution in [2.75, 3.05) is 0 Å². The van der Waals surface area contributed by atoms with Crippen LogP contribution in [0.1, 0.15) is 30.0 Å². The van der Waals surface area contributed by atoms with Crippen molar-refractivity contribution in [1.29, 1.82) is 0 Å². The summed E-state index contributed by atoms with van der Waals surface area (Å²) in [5, 5.41) is 9.62. The highest BCUT2D eigenvalue weighted by molar-refractivity contribution is 5.36. The molecule has 1 aromatic rings. The van der Waals surface area contributed by atoms with Crippen LogP contribution in [0.2, 0.25) is 0 Å². The minimum absolute atomic E-state index is 0.0186. The molecule has 0 aliphatic heterocycles. The second-order valence-electron chi connectivity index (χ2n) is 4.07. The van der Waals surface area contributed by atoms with Gasteiger partial charge in [0.2, 0.25) is 0 Å². The van der Waals surface area contributed by atoms with Crippen LogP contribution in [0.15, 0.2) is 18.2 Å². The molecule has 0 saturated heterocycles. The summed E-state index contributed by atoms with van der Waals surface area (Å²) in [5.41, 5.74) is -0.604. The lowest BCUT2D eigenvalue weighted by molar-refractivity contribution is -0.143. The molecule has 1 atom stereocenters. The van der Waals surface area contributed by atoms with Gasteiger partial charge in [-0.25, -0.2) is 0 Å². The van der Waals surface area contributed by atoms with Gasteiger partial charge in [-0.3, -0.25) is 5.73 Å². The fourth-order valence-corrected chi connectivity index (χ4v) is 1.41. The predicted molar refractivity (Wildman–Crippen MR) is 54.8 cm³/mol. The highest BCUT2D eigenvalue weighted by Crippen LogP contribution is 2.38. The molecule has 0 radical (unpaired) electrons. The fraction of sp³-hybridized carbons (Fsp3) is 0.455. The third-order valence-corrected chi connectivity index (χ3v) is 2.63. The Morgan fingerprint density at radius 1 is 0.895 bits per heavy atom. The number of hydrogen-bond donors (Lipinski definition) is 2. The first-order chi connectivity index (χ1) is 8.38. The maximum atomic E-state index is 12.5. The highest BCUT2D eigenvalue weighted by Gasteiger charge is 2.38.